The van der Waals surface area contributed by atoms with Gasteiger partial charge in [-0.15, -0.1) is 0 Å². The van der Waals surface area contributed by atoms with Gasteiger partial charge >= 0.3 is 0 Å². The van der Waals surface area contributed by atoms with Crippen LogP contribution in [0.2, 0.25) is 5.02 Å². The molecule has 1 aliphatic heterocycles. The topological polar surface area (TPSA) is 69.0 Å². The van der Waals surface area contributed by atoms with E-state index in [9.17, 15) is 14.0 Å². The second-order valence-corrected chi connectivity index (χ2v) is 8.72. The molecule has 3 aromatic carbocycles. The molecule has 1 aromatic heterocycles. The van der Waals surface area contributed by atoms with Gasteiger partial charge in [0.15, 0.2) is 16.9 Å². The van der Waals surface area contributed by atoms with Gasteiger partial charge in [-0.2, -0.15) is 0 Å². The first-order valence-corrected chi connectivity index (χ1v) is 12.0. The number of halogens is 2. The zero-order valence-corrected chi connectivity index (χ0v) is 20.5. The highest BCUT2D eigenvalue weighted by atomic mass is 35.5. The average molecular weight is 508 g/mol. The fourth-order valence-corrected chi connectivity index (χ4v) is 4.75. The number of carbonyl (C=O) groups is 1. The van der Waals surface area contributed by atoms with Crippen molar-refractivity contribution in [2.75, 3.05) is 13.2 Å². The standard InChI is InChI=1S/C28H23ClFNO5/c1-3-34-22-11-9-16(13-23(22)35-4-2)25-24-26(32)19-14-18(30)10-12-21(19)36-27(24)28(33)31(25)15-17-7-5-6-8-20(17)29/h5-14,25H,3-4,15H2,1-2H3. The Kier molecular flexibility index (Phi) is 6.41. The maximum absolute atomic E-state index is 14.0. The van der Waals surface area contributed by atoms with Crippen molar-refractivity contribution in [2.45, 2.75) is 26.4 Å². The summed E-state index contributed by atoms with van der Waals surface area (Å²) in [6.07, 6.45) is 0. The molecule has 184 valence electrons. The zero-order chi connectivity index (χ0) is 25.4. The molecule has 0 bridgehead atoms. The number of nitrogens with zero attached hydrogens (tertiary/aromatic N) is 1. The molecule has 6 nitrogen and oxygen atoms in total. The van der Waals surface area contributed by atoms with Crippen molar-refractivity contribution in [1.29, 1.82) is 0 Å². The summed E-state index contributed by atoms with van der Waals surface area (Å²) in [6.45, 7) is 4.71. The minimum atomic E-state index is -0.803. The van der Waals surface area contributed by atoms with Crippen molar-refractivity contribution in [2.24, 2.45) is 0 Å². The summed E-state index contributed by atoms with van der Waals surface area (Å²) in [5.41, 5.74) is 1.18. The third-order valence-electron chi connectivity index (χ3n) is 6.11. The lowest BCUT2D eigenvalue weighted by molar-refractivity contribution is 0.0714. The Morgan fingerprint density at radius 1 is 0.972 bits per heavy atom. The summed E-state index contributed by atoms with van der Waals surface area (Å²) in [5, 5.41) is 0.565. The predicted octanol–water partition coefficient (Wildman–Crippen LogP) is 6.13. The second-order valence-electron chi connectivity index (χ2n) is 8.31. The van der Waals surface area contributed by atoms with Gasteiger partial charge in [0, 0.05) is 11.6 Å². The van der Waals surface area contributed by atoms with Crippen LogP contribution in [0.3, 0.4) is 0 Å². The highest BCUT2D eigenvalue weighted by Crippen LogP contribution is 2.42. The normalized spacial score (nSPS) is 14.8. The minimum Gasteiger partial charge on any atom is -0.490 e. The quantitative estimate of drug-likeness (QED) is 0.301. The van der Waals surface area contributed by atoms with Gasteiger partial charge in [0.2, 0.25) is 5.76 Å². The summed E-state index contributed by atoms with van der Waals surface area (Å²) in [7, 11) is 0. The number of carbonyl (C=O) groups excluding carboxylic acids is 1. The van der Waals surface area contributed by atoms with Gasteiger partial charge in [-0.1, -0.05) is 35.9 Å². The Morgan fingerprint density at radius 3 is 2.47 bits per heavy atom. The lowest BCUT2D eigenvalue weighted by Crippen LogP contribution is -2.29. The molecule has 0 saturated heterocycles. The van der Waals surface area contributed by atoms with E-state index in [1.54, 1.807) is 30.3 Å². The lowest BCUT2D eigenvalue weighted by Gasteiger charge is -2.26. The molecule has 0 fully saturated rings. The first-order chi connectivity index (χ1) is 17.4. The minimum absolute atomic E-state index is 0.0667. The third kappa shape index (κ3) is 4.09. The largest absolute Gasteiger partial charge is 0.490 e. The van der Waals surface area contributed by atoms with Crippen molar-refractivity contribution < 1.29 is 23.1 Å². The van der Waals surface area contributed by atoms with Crippen LogP contribution in [0.15, 0.2) is 69.9 Å². The lowest BCUT2D eigenvalue weighted by atomic mass is 9.97. The van der Waals surface area contributed by atoms with Crippen molar-refractivity contribution >= 4 is 28.5 Å². The average Bonchev–Trinajstić information content (AvgIpc) is 3.14. The molecule has 0 radical (unpaired) electrons. The summed E-state index contributed by atoms with van der Waals surface area (Å²) < 4.78 is 31.4. The van der Waals surface area contributed by atoms with Crippen molar-refractivity contribution in [3.05, 3.63) is 104 Å². The van der Waals surface area contributed by atoms with Gasteiger partial charge in [0.05, 0.1) is 30.2 Å². The second kappa shape index (κ2) is 9.66. The molecular formula is C28H23ClFNO5. The van der Waals surface area contributed by atoms with Crippen molar-refractivity contribution in [3.63, 3.8) is 0 Å². The highest BCUT2D eigenvalue weighted by Gasteiger charge is 2.43. The molecule has 0 saturated carbocycles. The highest BCUT2D eigenvalue weighted by molar-refractivity contribution is 6.31. The molecule has 1 amide bonds. The van der Waals surface area contributed by atoms with Gasteiger partial charge in [-0.25, -0.2) is 4.39 Å². The van der Waals surface area contributed by atoms with Crippen LogP contribution in [0.5, 0.6) is 11.5 Å². The maximum atomic E-state index is 14.0. The molecule has 5 rings (SSSR count). The predicted molar refractivity (Wildman–Crippen MR) is 134 cm³/mol. The maximum Gasteiger partial charge on any atom is 0.291 e. The van der Waals surface area contributed by atoms with Crippen LogP contribution in [0.4, 0.5) is 4.39 Å². The number of fused-ring (bicyclic) bond motifs is 2. The summed E-state index contributed by atoms with van der Waals surface area (Å²) in [5.74, 6) is -0.0408. The van der Waals surface area contributed by atoms with Crippen LogP contribution in [0, 0.1) is 5.82 Å². The molecule has 36 heavy (non-hydrogen) atoms. The SMILES string of the molecule is CCOc1ccc(C2c3c(oc4ccc(F)cc4c3=O)C(=O)N2Cc2ccccc2Cl)cc1OCC. The van der Waals surface area contributed by atoms with Gasteiger partial charge in [-0.3, -0.25) is 9.59 Å². The fraction of sp³-hybridized carbons (Fsp3) is 0.214. The summed E-state index contributed by atoms with van der Waals surface area (Å²) in [6, 6.07) is 15.4. The van der Waals surface area contributed by atoms with Crippen LogP contribution in [0.25, 0.3) is 11.0 Å². The van der Waals surface area contributed by atoms with E-state index in [2.05, 4.69) is 0 Å². The Balaban J connectivity index is 1.73. The first-order valence-electron chi connectivity index (χ1n) is 11.6. The van der Waals surface area contributed by atoms with E-state index in [0.29, 0.717) is 40.9 Å². The molecule has 2 heterocycles. The Bertz CT molecular complexity index is 1530. The number of ether oxygens (including phenoxy) is 2. The number of amides is 1. The Morgan fingerprint density at radius 2 is 1.72 bits per heavy atom. The van der Waals surface area contributed by atoms with Crippen LogP contribution >= 0.6 is 11.6 Å². The van der Waals surface area contributed by atoms with E-state index < -0.39 is 23.2 Å². The number of hydrogen-bond donors (Lipinski definition) is 0. The molecule has 1 atom stereocenters. The summed E-state index contributed by atoms with van der Waals surface area (Å²) in [4.78, 5) is 28.9. The monoisotopic (exact) mass is 507 g/mol. The van der Waals surface area contributed by atoms with E-state index in [1.807, 2.05) is 26.0 Å². The van der Waals surface area contributed by atoms with Crippen LogP contribution in [0.1, 0.15) is 47.1 Å². The molecule has 0 N–H and O–H groups in total. The molecule has 1 aliphatic rings. The fourth-order valence-electron chi connectivity index (χ4n) is 4.55. The molecule has 4 aromatic rings. The third-order valence-corrected chi connectivity index (χ3v) is 6.48. The number of benzene rings is 3. The first kappa shape index (κ1) is 23.9. The van der Waals surface area contributed by atoms with Gasteiger partial charge in [-0.05, 0) is 61.4 Å². The molecular weight excluding hydrogens is 485 g/mol. The summed E-state index contributed by atoms with van der Waals surface area (Å²) >= 11 is 6.41. The van der Waals surface area contributed by atoms with Gasteiger partial charge < -0.3 is 18.8 Å². The molecule has 0 aliphatic carbocycles. The van der Waals surface area contributed by atoms with E-state index in [1.165, 1.54) is 17.0 Å². The smallest absolute Gasteiger partial charge is 0.291 e. The van der Waals surface area contributed by atoms with Crippen LogP contribution < -0.4 is 14.9 Å². The van der Waals surface area contributed by atoms with Crippen molar-refractivity contribution in [1.82, 2.24) is 4.90 Å². The van der Waals surface area contributed by atoms with E-state index in [4.69, 9.17) is 25.5 Å². The molecule has 8 heteroatoms. The van der Waals surface area contributed by atoms with Crippen molar-refractivity contribution in [3.8, 4) is 11.5 Å². The van der Waals surface area contributed by atoms with E-state index in [-0.39, 0.29) is 28.8 Å². The van der Waals surface area contributed by atoms with Gasteiger partial charge in [0.1, 0.15) is 11.4 Å². The zero-order valence-electron chi connectivity index (χ0n) is 19.7. The molecule has 0 spiro atoms. The van der Waals surface area contributed by atoms with Crippen LogP contribution in [-0.2, 0) is 6.54 Å². The molecule has 1 unspecified atom stereocenters. The van der Waals surface area contributed by atoms with E-state index in [0.717, 1.165) is 6.07 Å². The van der Waals surface area contributed by atoms with Gasteiger partial charge in [0.25, 0.3) is 5.91 Å². The Labute approximate surface area is 211 Å². The number of rotatable bonds is 7. The Hall–Kier alpha value is -3.84. The van der Waals surface area contributed by atoms with Crippen LogP contribution in [-0.4, -0.2) is 24.0 Å². The number of hydrogen-bond acceptors (Lipinski definition) is 5. The van der Waals surface area contributed by atoms with E-state index >= 15 is 0 Å².